The highest BCUT2D eigenvalue weighted by Crippen LogP contribution is 2.31. The van der Waals surface area contributed by atoms with E-state index in [1.807, 2.05) is 0 Å². The lowest BCUT2D eigenvalue weighted by molar-refractivity contribution is -0.125. The smallest absolute Gasteiger partial charge is 0.322 e. The number of carbonyl (C=O) groups is 3. The molecule has 0 atom stereocenters. The fraction of sp³-hybridized carbons (Fsp3) is 0.423. The summed E-state index contributed by atoms with van der Waals surface area (Å²) in [4.78, 5) is 43.7. The number of hydrogen-bond acceptors (Lipinski definition) is 10. The molecule has 14 nitrogen and oxygen atoms in total. The van der Waals surface area contributed by atoms with Gasteiger partial charge in [0.2, 0.25) is 10.0 Å². The van der Waals surface area contributed by atoms with Crippen molar-refractivity contribution >= 4 is 43.5 Å². The van der Waals surface area contributed by atoms with Gasteiger partial charge in [-0.2, -0.15) is 8.42 Å². The summed E-state index contributed by atoms with van der Waals surface area (Å²) in [5.74, 6) is -0.260. The average Bonchev–Trinajstić information content (AvgIpc) is 3.23. The molecule has 0 saturated carbocycles. The molecule has 4 rings (SSSR count). The lowest BCUT2D eigenvalue weighted by Crippen LogP contribution is -2.54. The van der Waals surface area contributed by atoms with E-state index in [1.165, 1.54) is 25.3 Å². The molecule has 42 heavy (non-hydrogen) atoms. The van der Waals surface area contributed by atoms with Crippen molar-refractivity contribution in [3.63, 3.8) is 0 Å². The molecule has 16 heteroatoms. The second-order valence-electron chi connectivity index (χ2n) is 10.0. The molecule has 3 amide bonds. The fourth-order valence-corrected chi connectivity index (χ4v) is 6.84. The Kier molecular flexibility index (Phi) is 9.22. The van der Waals surface area contributed by atoms with Gasteiger partial charge >= 0.3 is 6.03 Å². The number of hydrogen-bond donors (Lipinski definition) is 3. The quantitative estimate of drug-likeness (QED) is 0.133. The zero-order valence-electron chi connectivity index (χ0n) is 23.2. The van der Waals surface area contributed by atoms with Crippen LogP contribution in [-0.2, 0) is 29.7 Å². The van der Waals surface area contributed by atoms with Gasteiger partial charge in [-0.25, -0.2) is 18.4 Å². The number of piperidine rings is 1. The summed E-state index contributed by atoms with van der Waals surface area (Å²) in [5.41, 5.74) is -0.606. The van der Waals surface area contributed by atoms with Crippen LogP contribution < -0.4 is 25.0 Å². The standard InChI is InChI=1S/C26H33N5O9S2/c1-39-23-11-6-18(31(40-2)42(37,38)20-9-7-19(8-10-20)41(27,35)36)17-21(23)22(32)5-3-4-14-30-15-12-26(13-16-30)24(33)28-25(34)29-26/h6-11,17H,3-5,12-16H2,1-2H3,(H2,27,35,36)(H2,28,29,33,34). The van der Waals surface area contributed by atoms with Crippen LogP contribution in [0.15, 0.2) is 52.3 Å². The number of rotatable bonds is 12. The molecule has 2 aliphatic rings. The van der Waals surface area contributed by atoms with Gasteiger partial charge in [0.05, 0.1) is 35.3 Å². The average molecular weight is 624 g/mol. The van der Waals surface area contributed by atoms with Crippen LogP contribution in [0, 0.1) is 0 Å². The number of likely N-dealkylation sites (tertiary alicyclic amines) is 1. The van der Waals surface area contributed by atoms with Gasteiger partial charge in [0.1, 0.15) is 11.3 Å². The van der Waals surface area contributed by atoms with E-state index in [2.05, 4.69) is 15.5 Å². The number of methoxy groups -OCH3 is 1. The number of imide groups is 1. The van der Waals surface area contributed by atoms with Crippen molar-refractivity contribution in [1.82, 2.24) is 15.5 Å². The van der Waals surface area contributed by atoms with Crippen LogP contribution in [0.25, 0.3) is 0 Å². The second kappa shape index (κ2) is 12.3. The third kappa shape index (κ3) is 6.57. The van der Waals surface area contributed by atoms with Crippen molar-refractivity contribution in [2.75, 3.05) is 38.3 Å². The number of primary sulfonamides is 1. The molecular formula is C26H33N5O9S2. The van der Waals surface area contributed by atoms with E-state index in [1.54, 1.807) is 0 Å². The summed E-state index contributed by atoms with van der Waals surface area (Å²) < 4.78 is 55.6. The number of sulfonamides is 2. The summed E-state index contributed by atoms with van der Waals surface area (Å²) in [5, 5.41) is 10.1. The van der Waals surface area contributed by atoms with E-state index < -0.39 is 31.6 Å². The van der Waals surface area contributed by atoms with Crippen molar-refractivity contribution in [2.45, 2.75) is 47.4 Å². The number of amides is 3. The number of nitrogens with zero attached hydrogens (tertiary/aromatic N) is 2. The molecule has 0 radical (unpaired) electrons. The maximum absolute atomic E-state index is 13.3. The van der Waals surface area contributed by atoms with Gasteiger partial charge in [-0.1, -0.05) is 0 Å². The Bertz CT molecular complexity index is 1570. The number of ketones is 1. The fourth-order valence-electron chi connectivity index (χ4n) is 5.06. The van der Waals surface area contributed by atoms with Crippen LogP contribution in [0.2, 0.25) is 0 Å². The van der Waals surface area contributed by atoms with E-state index in [4.69, 9.17) is 14.7 Å². The Balaban J connectivity index is 1.39. The highest BCUT2D eigenvalue weighted by Gasteiger charge is 2.47. The van der Waals surface area contributed by atoms with Crippen molar-refractivity contribution in [1.29, 1.82) is 0 Å². The van der Waals surface area contributed by atoms with E-state index >= 15 is 0 Å². The summed E-state index contributed by atoms with van der Waals surface area (Å²) in [7, 11) is -5.77. The Labute approximate surface area is 244 Å². The van der Waals surface area contributed by atoms with E-state index in [9.17, 15) is 31.2 Å². The highest BCUT2D eigenvalue weighted by molar-refractivity contribution is 7.92. The summed E-state index contributed by atoms with van der Waals surface area (Å²) in [6.45, 7) is 2.00. The van der Waals surface area contributed by atoms with Gasteiger partial charge in [0, 0.05) is 19.5 Å². The Hall–Kier alpha value is -3.57. The van der Waals surface area contributed by atoms with Gasteiger partial charge in [-0.15, -0.1) is 4.47 Å². The number of urea groups is 1. The first-order valence-electron chi connectivity index (χ1n) is 13.1. The lowest BCUT2D eigenvalue weighted by Gasteiger charge is -2.36. The number of benzene rings is 2. The Morgan fingerprint density at radius 3 is 2.19 bits per heavy atom. The molecule has 2 heterocycles. The molecule has 1 spiro atoms. The number of unbranched alkanes of at least 4 members (excludes halogenated alkanes) is 1. The van der Waals surface area contributed by atoms with Gasteiger partial charge in [0.15, 0.2) is 5.78 Å². The van der Waals surface area contributed by atoms with Gasteiger partial charge in [0.25, 0.3) is 15.9 Å². The molecular weight excluding hydrogens is 590 g/mol. The molecule has 228 valence electrons. The molecule has 2 saturated heterocycles. The molecule has 0 bridgehead atoms. The zero-order valence-corrected chi connectivity index (χ0v) is 24.8. The molecule has 2 aromatic rings. The van der Waals surface area contributed by atoms with Gasteiger partial charge < -0.3 is 15.0 Å². The third-order valence-corrected chi connectivity index (χ3v) is 9.97. The predicted octanol–water partition coefficient (Wildman–Crippen LogP) is 1.13. The normalized spacial score (nSPS) is 17.1. The van der Waals surface area contributed by atoms with Crippen LogP contribution in [0.5, 0.6) is 5.75 Å². The number of Topliss-reactive ketones (excluding diaryl/α,β-unsaturated/α-hetero) is 1. The highest BCUT2D eigenvalue weighted by atomic mass is 32.2. The van der Waals surface area contributed by atoms with Crippen LogP contribution in [-0.4, -0.2) is 78.8 Å². The van der Waals surface area contributed by atoms with Crippen LogP contribution >= 0.6 is 0 Å². The van der Waals surface area contributed by atoms with Crippen LogP contribution in [0.1, 0.15) is 42.5 Å². The van der Waals surface area contributed by atoms with Crippen molar-refractivity contribution in [3.8, 4) is 5.75 Å². The number of anilines is 1. The molecule has 2 aliphatic heterocycles. The first kappa shape index (κ1) is 31.4. The van der Waals surface area contributed by atoms with Crippen molar-refractivity contribution in [3.05, 3.63) is 48.0 Å². The van der Waals surface area contributed by atoms with E-state index in [-0.39, 0.29) is 44.9 Å². The molecule has 0 aromatic heterocycles. The Morgan fingerprint density at radius 2 is 1.64 bits per heavy atom. The molecule has 2 fully saturated rings. The Morgan fingerprint density at radius 1 is 1.00 bits per heavy atom. The lowest BCUT2D eigenvalue weighted by atomic mass is 9.87. The number of nitrogens with two attached hydrogens (primary N) is 1. The number of nitrogens with one attached hydrogen (secondary N) is 2. The SMILES string of the molecule is COc1ccc(N(OC)S(=O)(=O)c2ccc(S(N)(=O)=O)cc2)cc1C(=O)CCCCN1CCC2(CC1)NC(=O)NC2=O. The monoisotopic (exact) mass is 623 g/mol. The predicted molar refractivity (Wildman–Crippen MR) is 151 cm³/mol. The summed E-state index contributed by atoms with van der Waals surface area (Å²) >= 11 is 0. The number of carbonyl (C=O) groups excluding carboxylic acids is 3. The van der Waals surface area contributed by atoms with Crippen molar-refractivity contribution in [2.24, 2.45) is 5.14 Å². The number of ether oxygens (including phenoxy) is 1. The maximum atomic E-state index is 13.3. The largest absolute Gasteiger partial charge is 0.496 e. The topological polar surface area (TPSA) is 195 Å². The zero-order chi connectivity index (χ0) is 30.7. The first-order valence-corrected chi connectivity index (χ1v) is 16.1. The van der Waals surface area contributed by atoms with Crippen LogP contribution in [0.4, 0.5) is 10.5 Å². The summed E-state index contributed by atoms with van der Waals surface area (Å²) in [6.07, 6.45) is 2.50. The molecule has 2 aromatic carbocycles. The first-order chi connectivity index (χ1) is 19.8. The minimum atomic E-state index is -4.31. The third-order valence-electron chi connectivity index (χ3n) is 7.38. The second-order valence-corrected chi connectivity index (χ2v) is 13.3. The van der Waals surface area contributed by atoms with Gasteiger partial charge in [-0.05, 0) is 74.7 Å². The van der Waals surface area contributed by atoms with E-state index in [0.29, 0.717) is 43.2 Å². The molecule has 0 aliphatic carbocycles. The van der Waals surface area contributed by atoms with E-state index in [0.717, 1.165) is 37.9 Å². The van der Waals surface area contributed by atoms with Crippen molar-refractivity contribution < 1.29 is 40.8 Å². The maximum Gasteiger partial charge on any atom is 0.322 e. The summed E-state index contributed by atoms with van der Waals surface area (Å²) in [6, 6.07) is 8.13. The van der Waals surface area contributed by atoms with Gasteiger partial charge in [-0.3, -0.25) is 19.7 Å². The molecule has 0 unspecified atom stereocenters. The molecule has 4 N–H and O–H groups in total. The van der Waals surface area contributed by atoms with Crippen LogP contribution in [0.3, 0.4) is 0 Å². The minimum absolute atomic E-state index is 0.0439. The minimum Gasteiger partial charge on any atom is -0.496 e.